The largest absolute Gasteiger partial charge is 0.334 e. The zero-order valence-corrected chi connectivity index (χ0v) is 13.1. The molecule has 1 aromatic heterocycles. The predicted molar refractivity (Wildman–Crippen MR) is 77.8 cm³/mol. The van der Waals surface area contributed by atoms with Gasteiger partial charge in [0.2, 0.25) is 0 Å². The molecule has 1 aliphatic rings. The van der Waals surface area contributed by atoms with Gasteiger partial charge in [0.15, 0.2) is 5.03 Å². The molecule has 0 saturated carbocycles. The van der Waals surface area contributed by atoms with Gasteiger partial charge in [-0.05, 0) is 45.6 Å². The van der Waals surface area contributed by atoms with Gasteiger partial charge in [-0.1, -0.05) is 0 Å². The molecule has 1 aromatic rings. The van der Waals surface area contributed by atoms with Crippen LogP contribution >= 0.6 is 0 Å². The summed E-state index contributed by atoms with van der Waals surface area (Å²) in [5.74, 6) is 1.30. The molecule has 0 aliphatic carbocycles. The third kappa shape index (κ3) is 3.05. The Bertz CT molecular complexity index is 545. The molecule has 1 saturated heterocycles. The van der Waals surface area contributed by atoms with E-state index >= 15 is 0 Å². The molecule has 6 nitrogen and oxygen atoms in total. The lowest BCUT2D eigenvalue weighted by Gasteiger charge is -2.30. The molecule has 20 heavy (non-hydrogen) atoms. The van der Waals surface area contributed by atoms with Crippen LogP contribution in [0.5, 0.6) is 0 Å². The maximum Gasteiger partial charge on any atom is 0.262 e. The Balaban J connectivity index is 2.11. The van der Waals surface area contributed by atoms with Gasteiger partial charge in [0.1, 0.15) is 5.82 Å². The van der Waals surface area contributed by atoms with Gasteiger partial charge in [0, 0.05) is 25.8 Å². The van der Waals surface area contributed by atoms with Crippen LogP contribution in [0.25, 0.3) is 0 Å². The second kappa shape index (κ2) is 6.24. The molecule has 0 unspecified atom stereocenters. The molecular formula is C13H24N4O2S. The lowest BCUT2D eigenvalue weighted by molar-refractivity contribution is 0.265. The SMILES string of the molecule is CCn1cc(S(=O)(=O)N2CCC(CCN)CC2)nc1C. The highest BCUT2D eigenvalue weighted by Gasteiger charge is 2.31. The molecular weight excluding hydrogens is 276 g/mol. The summed E-state index contributed by atoms with van der Waals surface area (Å²) in [6.45, 7) is 6.36. The number of aromatic nitrogens is 2. The minimum Gasteiger partial charge on any atom is -0.334 e. The van der Waals surface area contributed by atoms with Gasteiger partial charge in [-0.15, -0.1) is 0 Å². The first-order valence-corrected chi connectivity index (χ1v) is 8.67. The first kappa shape index (κ1) is 15.5. The monoisotopic (exact) mass is 300 g/mol. The van der Waals surface area contributed by atoms with E-state index in [2.05, 4.69) is 4.98 Å². The molecule has 0 atom stereocenters. The maximum atomic E-state index is 12.6. The lowest BCUT2D eigenvalue weighted by Crippen LogP contribution is -2.39. The van der Waals surface area contributed by atoms with E-state index in [1.165, 1.54) is 0 Å². The second-order valence-electron chi connectivity index (χ2n) is 5.34. The number of imidazole rings is 1. The summed E-state index contributed by atoms with van der Waals surface area (Å²) in [6, 6.07) is 0. The van der Waals surface area contributed by atoms with Gasteiger partial charge in [-0.3, -0.25) is 0 Å². The number of sulfonamides is 1. The van der Waals surface area contributed by atoms with Gasteiger partial charge >= 0.3 is 0 Å². The lowest BCUT2D eigenvalue weighted by atomic mass is 9.95. The maximum absolute atomic E-state index is 12.6. The fraction of sp³-hybridized carbons (Fsp3) is 0.769. The van der Waals surface area contributed by atoms with Crippen molar-refractivity contribution >= 4 is 10.0 Å². The number of hydrogen-bond acceptors (Lipinski definition) is 4. The summed E-state index contributed by atoms with van der Waals surface area (Å²) in [5.41, 5.74) is 5.56. The first-order chi connectivity index (χ1) is 9.48. The number of piperidine rings is 1. The Hall–Kier alpha value is -0.920. The first-order valence-electron chi connectivity index (χ1n) is 7.23. The standard InChI is InChI=1S/C13H24N4O2S/c1-3-16-10-13(15-11(16)2)20(18,19)17-8-5-12(4-7-14)6-9-17/h10,12H,3-9,14H2,1-2H3. The topological polar surface area (TPSA) is 81.2 Å². The van der Waals surface area contributed by atoms with Gasteiger partial charge in [0.05, 0.1) is 0 Å². The zero-order chi connectivity index (χ0) is 14.8. The van der Waals surface area contributed by atoms with Crippen LogP contribution in [0, 0.1) is 12.8 Å². The number of rotatable bonds is 5. The fourth-order valence-electron chi connectivity index (χ4n) is 2.73. The normalized spacial score (nSPS) is 18.6. The van der Waals surface area contributed by atoms with Gasteiger partial charge in [-0.2, -0.15) is 4.31 Å². The van der Waals surface area contributed by atoms with Crippen molar-refractivity contribution in [1.29, 1.82) is 0 Å². The van der Waals surface area contributed by atoms with E-state index in [0.29, 0.717) is 25.6 Å². The highest BCUT2D eigenvalue weighted by atomic mass is 32.2. The van der Waals surface area contributed by atoms with Crippen LogP contribution in [0.4, 0.5) is 0 Å². The summed E-state index contributed by atoms with van der Waals surface area (Å²) in [4.78, 5) is 4.20. The van der Waals surface area contributed by atoms with E-state index in [9.17, 15) is 8.42 Å². The number of nitrogens with two attached hydrogens (primary N) is 1. The molecule has 7 heteroatoms. The quantitative estimate of drug-likeness (QED) is 0.878. The molecule has 0 bridgehead atoms. The van der Waals surface area contributed by atoms with Crippen LogP contribution in [0.1, 0.15) is 32.0 Å². The Labute approximate surface area is 121 Å². The molecule has 2 rings (SSSR count). The van der Waals surface area contributed by atoms with Crippen molar-refractivity contribution < 1.29 is 8.42 Å². The van der Waals surface area contributed by atoms with Gasteiger partial charge < -0.3 is 10.3 Å². The highest BCUT2D eigenvalue weighted by molar-refractivity contribution is 7.89. The Kier molecular flexibility index (Phi) is 4.82. The molecule has 2 heterocycles. The molecule has 0 spiro atoms. The molecule has 114 valence electrons. The summed E-state index contributed by atoms with van der Waals surface area (Å²) in [7, 11) is -3.44. The van der Waals surface area contributed by atoms with E-state index in [4.69, 9.17) is 5.73 Å². The van der Waals surface area contributed by atoms with Gasteiger partial charge in [0.25, 0.3) is 10.0 Å². The van der Waals surface area contributed by atoms with Crippen LogP contribution < -0.4 is 5.73 Å². The van der Waals surface area contributed by atoms with Crippen molar-refractivity contribution in [1.82, 2.24) is 13.9 Å². The number of hydrogen-bond donors (Lipinski definition) is 1. The Morgan fingerprint density at radius 2 is 2.05 bits per heavy atom. The molecule has 2 N–H and O–H groups in total. The van der Waals surface area contributed by atoms with Crippen LogP contribution in [-0.4, -0.2) is 41.9 Å². The van der Waals surface area contributed by atoms with Crippen LogP contribution in [0.2, 0.25) is 0 Å². The van der Waals surface area contributed by atoms with Crippen LogP contribution in [-0.2, 0) is 16.6 Å². The van der Waals surface area contributed by atoms with E-state index in [1.54, 1.807) is 10.5 Å². The van der Waals surface area contributed by atoms with E-state index in [-0.39, 0.29) is 5.03 Å². The zero-order valence-electron chi connectivity index (χ0n) is 12.2. The number of aryl methyl sites for hydroxylation is 2. The summed E-state index contributed by atoms with van der Waals surface area (Å²) in [5, 5.41) is 0.175. The minimum atomic E-state index is -3.44. The van der Waals surface area contributed by atoms with Crippen LogP contribution in [0.3, 0.4) is 0 Å². The summed E-state index contributed by atoms with van der Waals surface area (Å²) in [6.07, 6.45) is 4.40. The van der Waals surface area contributed by atoms with E-state index in [1.807, 2.05) is 18.4 Å². The van der Waals surface area contributed by atoms with Crippen molar-refractivity contribution in [3.63, 3.8) is 0 Å². The third-order valence-electron chi connectivity index (χ3n) is 4.05. The minimum absolute atomic E-state index is 0.175. The van der Waals surface area contributed by atoms with Crippen molar-refractivity contribution in [2.45, 2.75) is 44.7 Å². The predicted octanol–water partition coefficient (Wildman–Crippen LogP) is 0.961. The second-order valence-corrected chi connectivity index (χ2v) is 7.22. The van der Waals surface area contributed by atoms with Crippen molar-refractivity contribution in [3.05, 3.63) is 12.0 Å². The molecule has 1 aliphatic heterocycles. The number of nitrogens with zero attached hydrogens (tertiary/aromatic N) is 3. The summed E-state index contributed by atoms with van der Waals surface area (Å²) < 4.78 is 28.5. The smallest absolute Gasteiger partial charge is 0.262 e. The van der Waals surface area contributed by atoms with E-state index in [0.717, 1.165) is 31.6 Å². The molecule has 0 amide bonds. The van der Waals surface area contributed by atoms with E-state index < -0.39 is 10.0 Å². The average molecular weight is 300 g/mol. The van der Waals surface area contributed by atoms with Crippen molar-refractivity contribution in [2.24, 2.45) is 11.7 Å². The van der Waals surface area contributed by atoms with Crippen molar-refractivity contribution in [3.8, 4) is 0 Å². The average Bonchev–Trinajstić information content (AvgIpc) is 2.82. The van der Waals surface area contributed by atoms with Gasteiger partial charge in [-0.25, -0.2) is 13.4 Å². The molecule has 0 aromatic carbocycles. The third-order valence-corrected chi connectivity index (χ3v) is 5.82. The highest BCUT2D eigenvalue weighted by Crippen LogP contribution is 2.25. The molecule has 0 radical (unpaired) electrons. The fourth-order valence-corrected chi connectivity index (χ4v) is 4.19. The Morgan fingerprint density at radius 1 is 1.40 bits per heavy atom. The Morgan fingerprint density at radius 3 is 2.55 bits per heavy atom. The summed E-state index contributed by atoms with van der Waals surface area (Å²) >= 11 is 0. The van der Waals surface area contributed by atoms with Crippen molar-refractivity contribution in [2.75, 3.05) is 19.6 Å². The molecule has 1 fully saturated rings. The van der Waals surface area contributed by atoms with Crippen LogP contribution in [0.15, 0.2) is 11.2 Å².